The number of rotatable bonds is 4. The van der Waals surface area contributed by atoms with Crippen LogP contribution in [0.25, 0.3) is 10.8 Å². The number of hydrogen-bond acceptors (Lipinski definition) is 5. The van der Waals surface area contributed by atoms with Gasteiger partial charge in [0, 0.05) is 17.7 Å². The minimum absolute atomic E-state index is 0.0278. The Labute approximate surface area is 138 Å². The van der Waals surface area contributed by atoms with Crippen LogP contribution in [0.4, 0.5) is 0 Å². The monoisotopic (exact) mass is 324 g/mol. The highest BCUT2D eigenvalue weighted by Crippen LogP contribution is 2.25. The van der Waals surface area contributed by atoms with Gasteiger partial charge in [-0.25, -0.2) is 10.9 Å². The van der Waals surface area contributed by atoms with Crippen LogP contribution in [0.1, 0.15) is 18.9 Å². The fraction of sp³-hybridized carbons (Fsp3) is 0.176. The van der Waals surface area contributed by atoms with Crippen LogP contribution >= 0.6 is 0 Å². The van der Waals surface area contributed by atoms with Crippen molar-refractivity contribution in [3.05, 3.63) is 42.0 Å². The number of benzene rings is 2. The Balaban J connectivity index is 1.71. The van der Waals surface area contributed by atoms with Gasteiger partial charge in [0.2, 0.25) is 11.8 Å². The van der Waals surface area contributed by atoms with Crippen molar-refractivity contribution in [2.45, 2.75) is 13.3 Å². The summed E-state index contributed by atoms with van der Waals surface area (Å²) >= 11 is 0. The molecule has 7 heteroatoms. The van der Waals surface area contributed by atoms with Gasteiger partial charge in [-0.3, -0.25) is 9.59 Å². The molecule has 1 heterocycles. The van der Waals surface area contributed by atoms with Crippen LogP contribution in [0.2, 0.25) is 0 Å². The Hall–Kier alpha value is -3.22. The van der Waals surface area contributed by atoms with Crippen molar-refractivity contribution >= 4 is 34.5 Å². The Morgan fingerprint density at radius 1 is 1.38 bits per heavy atom. The summed E-state index contributed by atoms with van der Waals surface area (Å²) in [5, 5.41) is 19.5. The Kier molecular flexibility index (Phi) is 4.24. The lowest BCUT2D eigenvalue weighted by Gasteiger charge is -2.06. The van der Waals surface area contributed by atoms with E-state index in [1.165, 1.54) is 6.21 Å². The molecule has 2 aromatic rings. The van der Waals surface area contributed by atoms with Gasteiger partial charge in [0.25, 0.3) is 0 Å². The number of hydrogen-bond donors (Lipinski definition) is 3. The van der Waals surface area contributed by atoms with E-state index in [-0.39, 0.29) is 18.1 Å². The molecule has 2 aromatic carbocycles. The number of amides is 2. The highest BCUT2D eigenvalue weighted by molar-refractivity contribution is 6.09. The van der Waals surface area contributed by atoms with E-state index in [0.29, 0.717) is 11.3 Å². The zero-order valence-electron chi connectivity index (χ0n) is 13.0. The topological polar surface area (TPSA) is 103 Å². The van der Waals surface area contributed by atoms with Crippen LogP contribution in [0.3, 0.4) is 0 Å². The van der Waals surface area contributed by atoms with Crippen molar-refractivity contribution in [3.63, 3.8) is 0 Å². The third-order valence-corrected chi connectivity index (χ3v) is 3.88. The smallest absolute Gasteiger partial charge is 0.249 e. The lowest BCUT2D eigenvalue weighted by Crippen LogP contribution is -2.29. The first-order valence-electron chi connectivity index (χ1n) is 7.43. The highest BCUT2D eigenvalue weighted by atomic mass is 16.3. The second kappa shape index (κ2) is 6.49. The molecule has 0 saturated heterocycles. The molecule has 3 N–H and O–H groups in total. The van der Waals surface area contributed by atoms with Crippen molar-refractivity contribution < 1.29 is 14.7 Å². The molecule has 0 fully saturated rings. The van der Waals surface area contributed by atoms with Crippen molar-refractivity contribution in [2.24, 2.45) is 16.1 Å². The van der Waals surface area contributed by atoms with Crippen LogP contribution in [0, 0.1) is 5.92 Å². The molecule has 7 nitrogen and oxygen atoms in total. The maximum Gasteiger partial charge on any atom is 0.249 e. The van der Waals surface area contributed by atoms with Crippen LogP contribution in [-0.2, 0) is 9.59 Å². The van der Waals surface area contributed by atoms with Crippen molar-refractivity contribution in [1.29, 1.82) is 0 Å². The number of fused-ring (bicyclic) bond motifs is 1. The van der Waals surface area contributed by atoms with Gasteiger partial charge in [-0.05, 0) is 23.8 Å². The molecule has 122 valence electrons. The quantitative estimate of drug-likeness (QED) is 0.586. The Morgan fingerprint density at radius 2 is 2.17 bits per heavy atom. The molecule has 1 aliphatic heterocycles. The molecule has 1 atom stereocenters. The largest absolute Gasteiger partial charge is 0.507 e. The average molecular weight is 324 g/mol. The van der Waals surface area contributed by atoms with E-state index < -0.39 is 11.8 Å². The van der Waals surface area contributed by atoms with E-state index in [1.54, 1.807) is 19.1 Å². The summed E-state index contributed by atoms with van der Waals surface area (Å²) in [5.74, 6) is -1.18. The summed E-state index contributed by atoms with van der Waals surface area (Å²) in [5.41, 5.74) is 5.80. The van der Waals surface area contributed by atoms with E-state index in [0.717, 1.165) is 10.8 Å². The molecule has 0 spiro atoms. The van der Waals surface area contributed by atoms with Crippen LogP contribution in [0.15, 0.2) is 46.6 Å². The number of nitrogens with one attached hydrogen (secondary N) is 2. The van der Waals surface area contributed by atoms with Crippen molar-refractivity contribution in [2.75, 3.05) is 0 Å². The first-order valence-corrected chi connectivity index (χ1v) is 7.43. The third kappa shape index (κ3) is 3.10. The zero-order chi connectivity index (χ0) is 17.1. The summed E-state index contributed by atoms with van der Waals surface area (Å²) in [6.07, 6.45) is 1.37. The molecule has 0 saturated carbocycles. The van der Waals surface area contributed by atoms with Crippen molar-refractivity contribution in [1.82, 2.24) is 10.9 Å². The van der Waals surface area contributed by atoms with Gasteiger partial charge < -0.3 is 5.11 Å². The van der Waals surface area contributed by atoms with E-state index >= 15 is 0 Å². The molecule has 0 aliphatic carbocycles. The highest BCUT2D eigenvalue weighted by Gasteiger charge is 2.28. The predicted molar refractivity (Wildman–Crippen MR) is 90.7 cm³/mol. The molecule has 3 rings (SSSR count). The second-order valence-electron chi connectivity index (χ2n) is 5.50. The predicted octanol–water partition coefficient (Wildman–Crippen LogP) is 1.51. The number of hydrazone groups is 2. The SMILES string of the molecule is CC1=NNC(=O)C1CC(=O)NN=Cc1c(O)ccc2ccccc12. The third-order valence-electron chi connectivity index (χ3n) is 3.88. The summed E-state index contributed by atoms with van der Waals surface area (Å²) in [7, 11) is 0. The Bertz CT molecular complexity index is 873. The molecule has 0 radical (unpaired) electrons. The molecular weight excluding hydrogens is 308 g/mol. The molecule has 0 aromatic heterocycles. The minimum Gasteiger partial charge on any atom is -0.507 e. The first kappa shape index (κ1) is 15.7. The van der Waals surface area contributed by atoms with Gasteiger partial charge in [0.15, 0.2) is 0 Å². The number of phenolic OH excluding ortho intramolecular Hbond substituents is 1. The number of carbonyl (C=O) groups excluding carboxylic acids is 2. The van der Waals surface area contributed by atoms with Gasteiger partial charge in [-0.2, -0.15) is 10.2 Å². The summed E-state index contributed by atoms with van der Waals surface area (Å²) in [6.45, 7) is 1.69. The van der Waals surface area contributed by atoms with Gasteiger partial charge in [-0.1, -0.05) is 30.3 Å². The van der Waals surface area contributed by atoms with Crippen LogP contribution < -0.4 is 10.9 Å². The average Bonchev–Trinajstić information content (AvgIpc) is 2.89. The van der Waals surface area contributed by atoms with Gasteiger partial charge in [0.05, 0.1) is 12.1 Å². The van der Waals surface area contributed by atoms with Gasteiger partial charge >= 0.3 is 0 Å². The molecule has 0 bridgehead atoms. The van der Waals surface area contributed by atoms with Crippen LogP contribution in [-0.4, -0.2) is 28.8 Å². The maximum absolute atomic E-state index is 11.9. The van der Waals surface area contributed by atoms with Gasteiger partial charge in [0.1, 0.15) is 5.75 Å². The first-order chi connectivity index (χ1) is 11.6. The van der Waals surface area contributed by atoms with Gasteiger partial charge in [-0.15, -0.1) is 0 Å². The number of nitrogens with zero attached hydrogens (tertiary/aromatic N) is 2. The fourth-order valence-electron chi connectivity index (χ4n) is 2.55. The second-order valence-corrected chi connectivity index (χ2v) is 5.50. The normalized spacial score (nSPS) is 17.1. The van der Waals surface area contributed by atoms with E-state index in [2.05, 4.69) is 21.1 Å². The van der Waals surface area contributed by atoms with E-state index in [4.69, 9.17) is 0 Å². The maximum atomic E-state index is 11.9. The standard InChI is InChI=1S/C17H16N4O3/c1-10-13(17(24)21-19-10)8-16(23)20-18-9-14-12-5-3-2-4-11(12)6-7-15(14)22/h2-7,9,13,22H,8H2,1H3,(H,20,23)(H,21,24). The summed E-state index contributed by atoms with van der Waals surface area (Å²) in [4.78, 5) is 23.4. The summed E-state index contributed by atoms with van der Waals surface area (Å²) in [6, 6.07) is 10.9. The lowest BCUT2D eigenvalue weighted by atomic mass is 10.0. The van der Waals surface area contributed by atoms with E-state index in [9.17, 15) is 14.7 Å². The molecule has 2 amide bonds. The van der Waals surface area contributed by atoms with E-state index in [1.807, 2.05) is 24.3 Å². The van der Waals surface area contributed by atoms with Crippen LogP contribution in [0.5, 0.6) is 5.75 Å². The van der Waals surface area contributed by atoms with Crippen molar-refractivity contribution in [3.8, 4) is 5.75 Å². The number of phenols is 1. The lowest BCUT2D eigenvalue weighted by molar-refractivity contribution is -0.127. The molecular formula is C17H16N4O3. The zero-order valence-corrected chi connectivity index (χ0v) is 13.0. The molecule has 24 heavy (non-hydrogen) atoms. The summed E-state index contributed by atoms with van der Waals surface area (Å²) < 4.78 is 0. The molecule has 1 aliphatic rings. The number of carbonyl (C=O) groups is 2. The number of aromatic hydroxyl groups is 1. The fourth-order valence-corrected chi connectivity index (χ4v) is 2.55. The minimum atomic E-state index is -0.564. The molecule has 1 unspecified atom stereocenters. The Morgan fingerprint density at radius 3 is 2.92 bits per heavy atom.